The summed E-state index contributed by atoms with van der Waals surface area (Å²) in [5.74, 6) is -0.139. The van der Waals surface area contributed by atoms with E-state index >= 15 is 0 Å². The smallest absolute Gasteiger partial charge is 0.182 e. The molecule has 7 heteroatoms. The molecule has 13 heavy (non-hydrogen) atoms. The van der Waals surface area contributed by atoms with Crippen molar-refractivity contribution in [1.82, 2.24) is 0 Å². The van der Waals surface area contributed by atoms with Gasteiger partial charge in [0.2, 0.25) is 0 Å². The van der Waals surface area contributed by atoms with E-state index in [4.69, 9.17) is 15.4 Å². The molecule has 0 unspecified atom stereocenters. The molecule has 0 aromatic carbocycles. The highest BCUT2D eigenvalue weighted by atomic mass is 16.5. The number of rotatable bonds is 2. The van der Waals surface area contributed by atoms with E-state index < -0.39 is 24.9 Å². The van der Waals surface area contributed by atoms with Gasteiger partial charge in [-0.25, -0.2) is 0 Å². The number of hydrogen-bond acceptors (Lipinski definition) is 5. The predicted molar refractivity (Wildman–Crippen MR) is 41.2 cm³/mol. The Morgan fingerprint density at radius 2 is 2.31 bits per heavy atom. The van der Waals surface area contributed by atoms with Crippen molar-refractivity contribution in [1.29, 1.82) is 0 Å². The molecule has 0 saturated heterocycles. The molecular weight excluding hydrogens is 178 g/mol. The van der Waals surface area contributed by atoms with E-state index in [0.29, 0.717) is 0 Å². The molecular formula is C6H9N3O4. The number of azide groups is 1. The molecule has 0 aromatic heterocycles. The predicted octanol–water partition coefficient (Wildman–Crippen LogP) is -0.749. The molecule has 0 spiro atoms. The van der Waals surface area contributed by atoms with Crippen LogP contribution in [0.15, 0.2) is 17.1 Å². The molecule has 0 bridgehead atoms. The molecule has 0 radical (unpaired) electrons. The molecule has 72 valence electrons. The third-order valence-corrected chi connectivity index (χ3v) is 1.64. The molecule has 1 rings (SSSR count). The quantitative estimate of drug-likeness (QED) is 0.299. The summed E-state index contributed by atoms with van der Waals surface area (Å²) in [6.07, 6.45) is -2.27. The lowest BCUT2D eigenvalue weighted by atomic mass is 10.1. The largest absolute Gasteiger partial charge is 0.483 e. The van der Waals surface area contributed by atoms with Crippen LogP contribution in [-0.4, -0.2) is 40.2 Å². The maximum atomic E-state index is 9.21. The van der Waals surface area contributed by atoms with Crippen LogP contribution in [0.5, 0.6) is 0 Å². The third kappa shape index (κ3) is 2.10. The minimum absolute atomic E-state index is 0.139. The van der Waals surface area contributed by atoms with Gasteiger partial charge in [-0.3, -0.25) is 0 Å². The summed E-state index contributed by atoms with van der Waals surface area (Å²) in [6, 6.07) is 0. The average molecular weight is 187 g/mol. The van der Waals surface area contributed by atoms with Gasteiger partial charge in [-0.2, -0.15) is 0 Å². The van der Waals surface area contributed by atoms with E-state index in [2.05, 4.69) is 10.0 Å². The summed E-state index contributed by atoms with van der Waals surface area (Å²) >= 11 is 0. The summed E-state index contributed by atoms with van der Waals surface area (Å²) in [5, 5.41) is 30.2. The normalized spacial score (nSPS) is 32.8. The van der Waals surface area contributed by atoms with Crippen LogP contribution >= 0.6 is 0 Å². The van der Waals surface area contributed by atoms with Crippen LogP contribution in [0.4, 0.5) is 0 Å². The second-order valence-electron chi connectivity index (χ2n) is 2.51. The molecule has 1 heterocycles. The van der Waals surface area contributed by atoms with Crippen LogP contribution < -0.4 is 0 Å². The molecule has 7 nitrogen and oxygen atoms in total. The lowest BCUT2D eigenvalue weighted by Crippen LogP contribution is -2.43. The molecule has 0 aliphatic carbocycles. The zero-order chi connectivity index (χ0) is 9.84. The first kappa shape index (κ1) is 9.82. The molecule has 1 aliphatic rings. The van der Waals surface area contributed by atoms with Crippen molar-refractivity contribution >= 4 is 0 Å². The second-order valence-corrected chi connectivity index (χ2v) is 2.51. The lowest BCUT2D eigenvalue weighted by Gasteiger charge is -2.29. The molecule has 1 aliphatic heterocycles. The summed E-state index contributed by atoms with van der Waals surface area (Å²) in [7, 11) is 0. The highest BCUT2D eigenvalue weighted by Crippen LogP contribution is 2.18. The maximum absolute atomic E-state index is 9.21. The van der Waals surface area contributed by atoms with Crippen molar-refractivity contribution in [2.45, 2.75) is 18.3 Å². The van der Waals surface area contributed by atoms with Crippen molar-refractivity contribution in [3.63, 3.8) is 0 Å². The fourth-order valence-corrected chi connectivity index (χ4v) is 0.975. The van der Waals surface area contributed by atoms with Gasteiger partial charge in [0.1, 0.15) is 12.2 Å². The number of aliphatic hydroxyl groups is 3. The number of aliphatic hydroxyl groups excluding tert-OH is 3. The summed E-state index contributed by atoms with van der Waals surface area (Å²) in [5.41, 5.74) is 8.06. The van der Waals surface area contributed by atoms with Crippen molar-refractivity contribution in [3.05, 3.63) is 22.4 Å². The minimum atomic E-state index is -1.21. The van der Waals surface area contributed by atoms with Crippen LogP contribution in [0.25, 0.3) is 10.4 Å². The molecule has 0 amide bonds. The van der Waals surface area contributed by atoms with Gasteiger partial charge in [0.05, 0.1) is 6.61 Å². The highest BCUT2D eigenvalue weighted by Gasteiger charge is 2.31. The third-order valence-electron chi connectivity index (χ3n) is 1.64. The Labute approximate surface area is 73.5 Å². The average Bonchev–Trinajstić information content (AvgIpc) is 2.11. The molecule has 3 N–H and O–H groups in total. The summed E-state index contributed by atoms with van der Waals surface area (Å²) in [6.45, 7) is -0.462. The highest BCUT2D eigenvalue weighted by molar-refractivity contribution is 5.05. The molecule has 3 atom stereocenters. The Hall–Kier alpha value is -1.27. The Kier molecular flexibility index (Phi) is 3.10. The first-order chi connectivity index (χ1) is 6.19. The summed E-state index contributed by atoms with van der Waals surface area (Å²) < 4.78 is 4.84. The van der Waals surface area contributed by atoms with Crippen LogP contribution in [0.2, 0.25) is 0 Å². The van der Waals surface area contributed by atoms with Crippen molar-refractivity contribution in [3.8, 4) is 0 Å². The Morgan fingerprint density at radius 3 is 2.85 bits per heavy atom. The zero-order valence-electron chi connectivity index (χ0n) is 6.61. The molecule has 0 aromatic rings. The van der Waals surface area contributed by atoms with E-state index in [1.807, 2.05) is 0 Å². The number of ether oxygens (including phenoxy) is 1. The topological polar surface area (TPSA) is 119 Å². The fourth-order valence-electron chi connectivity index (χ4n) is 0.975. The van der Waals surface area contributed by atoms with Crippen LogP contribution in [0, 0.1) is 0 Å². The van der Waals surface area contributed by atoms with Crippen LogP contribution in [-0.2, 0) is 4.74 Å². The standard InChI is InChI=1S/C6H9N3O4/c7-9-8-5-1-3(11)6(12)4(2-10)13-5/h1,3-4,6,10-12H,2H2/t3-,4-,6-/m1/s1. The van der Waals surface area contributed by atoms with Crippen molar-refractivity contribution in [2.75, 3.05) is 6.61 Å². The van der Waals surface area contributed by atoms with Gasteiger partial charge >= 0.3 is 0 Å². The van der Waals surface area contributed by atoms with Crippen molar-refractivity contribution in [2.24, 2.45) is 5.11 Å². The van der Waals surface area contributed by atoms with Gasteiger partial charge in [-0.05, 0) is 16.7 Å². The van der Waals surface area contributed by atoms with Gasteiger partial charge in [0.15, 0.2) is 12.0 Å². The van der Waals surface area contributed by atoms with Gasteiger partial charge in [0, 0.05) is 4.91 Å². The SMILES string of the molecule is [N-]=[N+]=NC1=C[C@@H](O)[C@@H](O)[C@@H](CO)O1. The fraction of sp³-hybridized carbons (Fsp3) is 0.667. The number of hydrogen-bond donors (Lipinski definition) is 3. The van der Waals surface area contributed by atoms with Gasteiger partial charge in [-0.1, -0.05) is 0 Å². The van der Waals surface area contributed by atoms with Gasteiger partial charge in [0.25, 0.3) is 0 Å². The van der Waals surface area contributed by atoms with E-state index in [1.165, 1.54) is 0 Å². The number of nitrogens with zero attached hydrogens (tertiary/aromatic N) is 3. The van der Waals surface area contributed by atoms with Crippen LogP contribution in [0.3, 0.4) is 0 Å². The van der Waals surface area contributed by atoms with Gasteiger partial charge < -0.3 is 20.1 Å². The Morgan fingerprint density at radius 1 is 1.62 bits per heavy atom. The van der Waals surface area contributed by atoms with Crippen molar-refractivity contribution < 1.29 is 20.1 Å². The second kappa shape index (κ2) is 4.11. The van der Waals surface area contributed by atoms with Gasteiger partial charge in [-0.15, -0.1) is 0 Å². The van der Waals surface area contributed by atoms with E-state index in [0.717, 1.165) is 6.08 Å². The van der Waals surface area contributed by atoms with E-state index in [-0.39, 0.29) is 5.88 Å². The monoisotopic (exact) mass is 187 g/mol. The summed E-state index contributed by atoms with van der Waals surface area (Å²) in [4.78, 5) is 2.44. The van der Waals surface area contributed by atoms with E-state index in [9.17, 15) is 10.2 Å². The Bertz CT molecular complexity index is 261. The van der Waals surface area contributed by atoms with E-state index in [1.54, 1.807) is 0 Å². The Balaban J connectivity index is 2.80. The zero-order valence-corrected chi connectivity index (χ0v) is 6.61. The minimum Gasteiger partial charge on any atom is -0.483 e. The molecule has 0 saturated carbocycles. The first-order valence-corrected chi connectivity index (χ1v) is 3.59. The maximum Gasteiger partial charge on any atom is 0.182 e. The molecule has 0 fully saturated rings. The lowest BCUT2D eigenvalue weighted by molar-refractivity contribution is -0.0913. The van der Waals surface area contributed by atoms with Crippen LogP contribution in [0.1, 0.15) is 0 Å². The first-order valence-electron chi connectivity index (χ1n) is 3.59.